The van der Waals surface area contributed by atoms with E-state index in [9.17, 15) is 22.8 Å². The predicted octanol–water partition coefficient (Wildman–Crippen LogP) is 4.76. The maximum atomic E-state index is 14.7. The highest BCUT2D eigenvalue weighted by atomic mass is 35.5. The van der Waals surface area contributed by atoms with E-state index in [1.54, 1.807) is 24.3 Å². The van der Waals surface area contributed by atoms with Gasteiger partial charge in [0.05, 0.1) is 7.11 Å². The standard InChI is InChI=1S/C21H19ClF3N3O4S/c1-11(19(29)31-3)32-18-8-14(22)5-4-13(18)10-33-15-6-7-17(16(23)9-15)28-21(30)27(20(24)25)12(2)26-28/h4-9,11,20H,10H2,1-3H3. The van der Waals surface area contributed by atoms with Crippen LogP contribution in [0.4, 0.5) is 13.2 Å². The molecule has 0 aliphatic rings. The van der Waals surface area contributed by atoms with Crippen molar-refractivity contribution in [3.63, 3.8) is 0 Å². The van der Waals surface area contributed by atoms with Crippen molar-refractivity contribution in [3.8, 4) is 11.4 Å². The molecule has 7 nitrogen and oxygen atoms in total. The Labute approximate surface area is 196 Å². The van der Waals surface area contributed by atoms with E-state index in [2.05, 4.69) is 9.84 Å². The first kappa shape index (κ1) is 24.7. The third-order valence-electron chi connectivity index (χ3n) is 4.58. The third-order valence-corrected chi connectivity index (χ3v) is 5.86. The molecule has 0 spiro atoms. The molecule has 12 heteroatoms. The third kappa shape index (κ3) is 5.53. The lowest BCUT2D eigenvalue weighted by atomic mass is 10.2. The topological polar surface area (TPSA) is 75.3 Å². The van der Waals surface area contributed by atoms with Crippen molar-refractivity contribution in [2.45, 2.75) is 37.1 Å². The number of rotatable bonds is 8. The van der Waals surface area contributed by atoms with Crippen LogP contribution in [0.3, 0.4) is 0 Å². The number of aromatic nitrogens is 3. The minimum atomic E-state index is -3.08. The van der Waals surface area contributed by atoms with Crippen LogP contribution in [0.15, 0.2) is 46.1 Å². The Hall–Kier alpha value is -2.92. The molecule has 0 fully saturated rings. The van der Waals surface area contributed by atoms with Gasteiger partial charge in [-0.2, -0.15) is 13.5 Å². The SMILES string of the molecule is COC(=O)C(C)Oc1cc(Cl)ccc1CSc1ccc(-n2nc(C)n(C(F)F)c2=O)c(F)c1. The molecule has 1 unspecified atom stereocenters. The molecule has 1 atom stereocenters. The quantitative estimate of drug-likeness (QED) is 0.327. The number of ether oxygens (including phenoxy) is 2. The Morgan fingerprint density at radius 2 is 1.97 bits per heavy atom. The van der Waals surface area contributed by atoms with Crippen LogP contribution in [0.1, 0.15) is 24.9 Å². The number of esters is 1. The molecule has 3 aromatic rings. The molecular weight excluding hydrogens is 483 g/mol. The Kier molecular flexibility index (Phi) is 7.75. The van der Waals surface area contributed by atoms with Gasteiger partial charge in [-0.05, 0) is 44.2 Å². The zero-order valence-corrected chi connectivity index (χ0v) is 19.3. The fourth-order valence-corrected chi connectivity index (χ4v) is 4.00. The molecule has 176 valence electrons. The van der Waals surface area contributed by atoms with E-state index in [1.807, 2.05) is 0 Å². The van der Waals surface area contributed by atoms with E-state index in [0.717, 1.165) is 0 Å². The van der Waals surface area contributed by atoms with Gasteiger partial charge in [-0.3, -0.25) is 0 Å². The van der Waals surface area contributed by atoms with Gasteiger partial charge < -0.3 is 9.47 Å². The molecule has 0 bridgehead atoms. The average Bonchev–Trinajstić information content (AvgIpc) is 3.06. The number of benzene rings is 2. The molecule has 0 amide bonds. The predicted molar refractivity (Wildman–Crippen MR) is 117 cm³/mol. The first-order valence-corrected chi connectivity index (χ1v) is 10.9. The lowest BCUT2D eigenvalue weighted by molar-refractivity contribution is -0.147. The molecule has 0 radical (unpaired) electrons. The van der Waals surface area contributed by atoms with E-state index in [-0.39, 0.29) is 16.1 Å². The second-order valence-electron chi connectivity index (χ2n) is 6.83. The van der Waals surface area contributed by atoms with Crippen LogP contribution in [-0.4, -0.2) is 33.5 Å². The maximum Gasteiger partial charge on any atom is 0.355 e. The molecule has 1 heterocycles. The highest BCUT2D eigenvalue weighted by Crippen LogP contribution is 2.32. The summed E-state index contributed by atoms with van der Waals surface area (Å²) in [4.78, 5) is 24.3. The number of halogens is 4. The summed E-state index contributed by atoms with van der Waals surface area (Å²) in [7, 11) is 1.25. The number of hydrogen-bond acceptors (Lipinski definition) is 6. The van der Waals surface area contributed by atoms with Crippen molar-refractivity contribution in [2.75, 3.05) is 7.11 Å². The second kappa shape index (κ2) is 10.3. The summed E-state index contributed by atoms with van der Waals surface area (Å²) < 4.78 is 51.8. The van der Waals surface area contributed by atoms with Gasteiger partial charge >= 0.3 is 18.2 Å². The van der Waals surface area contributed by atoms with Crippen LogP contribution in [0, 0.1) is 12.7 Å². The highest BCUT2D eigenvalue weighted by Gasteiger charge is 2.21. The minimum Gasteiger partial charge on any atom is -0.479 e. The van der Waals surface area contributed by atoms with Crippen molar-refractivity contribution in [1.29, 1.82) is 0 Å². The van der Waals surface area contributed by atoms with Crippen molar-refractivity contribution in [3.05, 3.63) is 69.1 Å². The fraction of sp³-hybridized carbons (Fsp3) is 0.286. The van der Waals surface area contributed by atoms with Gasteiger partial charge in [0.2, 0.25) is 0 Å². The van der Waals surface area contributed by atoms with Crippen LogP contribution >= 0.6 is 23.4 Å². The molecular formula is C21H19ClF3N3O4S. The summed E-state index contributed by atoms with van der Waals surface area (Å²) in [5.74, 6) is -0.856. The van der Waals surface area contributed by atoms with Crippen molar-refractivity contribution in [2.24, 2.45) is 0 Å². The maximum absolute atomic E-state index is 14.7. The van der Waals surface area contributed by atoms with Crippen molar-refractivity contribution in [1.82, 2.24) is 14.3 Å². The van der Waals surface area contributed by atoms with Crippen LogP contribution in [-0.2, 0) is 15.3 Å². The average molecular weight is 502 g/mol. The number of alkyl halides is 2. The van der Waals surface area contributed by atoms with Gasteiger partial charge in [0.1, 0.15) is 23.1 Å². The van der Waals surface area contributed by atoms with Crippen molar-refractivity contribution >= 4 is 29.3 Å². The van der Waals surface area contributed by atoms with E-state index < -0.39 is 30.1 Å². The molecule has 1 aromatic heterocycles. The van der Waals surface area contributed by atoms with E-state index in [1.165, 1.54) is 44.9 Å². The molecule has 0 N–H and O–H groups in total. The number of carbonyl (C=O) groups excluding carboxylic acids is 1. The summed E-state index contributed by atoms with van der Waals surface area (Å²) in [5, 5.41) is 4.14. The van der Waals surface area contributed by atoms with Gasteiger partial charge in [0.15, 0.2) is 6.10 Å². The summed E-state index contributed by atoms with van der Waals surface area (Å²) in [6, 6.07) is 8.95. The Morgan fingerprint density at radius 3 is 2.58 bits per heavy atom. The van der Waals surface area contributed by atoms with Crippen LogP contribution in [0.2, 0.25) is 5.02 Å². The van der Waals surface area contributed by atoms with Gasteiger partial charge in [0.25, 0.3) is 0 Å². The Balaban J connectivity index is 1.80. The van der Waals surface area contributed by atoms with Crippen LogP contribution in [0.5, 0.6) is 5.75 Å². The summed E-state index contributed by atoms with van der Waals surface area (Å²) in [5.41, 5.74) is -0.675. The number of carbonyl (C=O) groups is 1. The van der Waals surface area contributed by atoms with Crippen molar-refractivity contribution < 1.29 is 27.4 Å². The van der Waals surface area contributed by atoms with Gasteiger partial charge in [-0.15, -0.1) is 16.9 Å². The monoisotopic (exact) mass is 501 g/mol. The van der Waals surface area contributed by atoms with Crippen LogP contribution in [0.25, 0.3) is 5.69 Å². The Morgan fingerprint density at radius 1 is 1.24 bits per heavy atom. The number of aryl methyl sites for hydroxylation is 1. The zero-order chi connectivity index (χ0) is 24.3. The smallest absolute Gasteiger partial charge is 0.355 e. The van der Waals surface area contributed by atoms with Gasteiger partial charge in [-0.25, -0.2) is 18.5 Å². The molecule has 33 heavy (non-hydrogen) atoms. The number of nitrogens with zero attached hydrogens (tertiary/aromatic N) is 3. The lowest BCUT2D eigenvalue weighted by Crippen LogP contribution is -2.25. The number of thioether (sulfide) groups is 1. The summed E-state index contributed by atoms with van der Waals surface area (Å²) in [6.07, 6.45) is -0.858. The molecule has 0 aliphatic carbocycles. The molecule has 2 aromatic carbocycles. The van der Waals surface area contributed by atoms with Crippen LogP contribution < -0.4 is 10.4 Å². The van der Waals surface area contributed by atoms with Gasteiger partial charge in [0, 0.05) is 21.2 Å². The molecule has 0 aliphatic heterocycles. The molecule has 0 saturated heterocycles. The second-order valence-corrected chi connectivity index (χ2v) is 8.31. The molecule has 0 saturated carbocycles. The highest BCUT2D eigenvalue weighted by molar-refractivity contribution is 7.98. The lowest BCUT2D eigenvalue weighted by Gasteiger charge is -2.16. The number of methoxy groups -OCH3 is 1. The summed E-state index contributed by atoms with van der Waals surface area (Å²) >= 11 is 7.30. The first-order valence-electron chi connectivity index (χ1n) is 9.54. The van der Waals surface area contributed by atoms with E-state index >= 15 is 0 Å². The van der Waals surface area contributed by atoms with E-state index in [0.29, 0.717) is 31.7 Å². The number of hydrogen-bond donors (Lipinski definition) is 0. The zero-order valence-electron chi connectivity index (χ0n) is 17.7. The Bertz CT molecular complexity index is 1230. The fourth-order valence-electron chi connectivity index (χ4n) is 2.93. The normalized spacial score (nSPS) is 12.1. The summed E-state index contributed by atoms with van der Waals surface area (Å²) in [6.45, 7) is -0.308. The minimum absolute atomic E-state index is 0.180. The largest absolute Gasteiger partial charge is 0.479 e. The molecule has 3 rings (SSSR count). The van der Waals surface area contributed by atoms with E-state index in [4.69, 9.17) is 16.3 Å². The first-order chi connectivity index (χ1) is 15.6. The van der Waals surface area contributed by atoms with Gasteiger partial charge in [-0.1, -0.05) is 17.7 Å².